The van der Waals surface area contributed by atoms with E-state index in [0.717, 1.165) is 25.9 Å². The maximum atomic E-state index is 12.8. The summed E-state index contributed by atoms with van der Waals surface area (Å²) in [6.07, 6.45) is 30.7. The van der Waals surface area contributed by atoms with Gasteiger partial charge in [-0.25, -0.2) is 0 Å². The van der Waals surface area contributed by atoms with Gasteiger partial charge in [0.15, 0.2) is 0 Å². The molecule has 264 valence electrons. The number of carbonyl (C=O) groups excluding carboxylic acids is 2. The van der Waals surface area contributed by atoms with Crippen molar-refractivity contribution in [2.24, 2.45) is 29.6 Å². The Morgan fingerprint density at radius 2 is 0.956 bits per heavy atom. The molecule has 1 saturated carbocycles. The van der Waals surface area contributed by atoms with Crippen molar-refractivity contribution in [1.29, 1.82) is 0 Å². The third-order valence-electron chi connectivity index (χ3n) is 10.7. The van der Waals surface area contributed by atoms with E-state index in [9.17, 15) is 9.59 Å². The van der Waals surface area contributed by atoms with Crippen molar-refractivity contribution in [2.75, 3.05) is 33.4 Å². The predicted octanol–water partition coefficient (Wildman–Crippen LogP) is 10.9. The van der Waals surface area contributed by atoms with Crippen LogP contribution in [0.3, 0.4) is 0 Å². The number of fused-ring (bicyclic) bond motifs is 1. The number of esters is 2. The van der Waals surface area contributed by atoms with Gasteiger partial charge in [-0.2, -0.15) is 0 Å². The first-order chi connectivity index (χ1) is 22.0. The first-order valence-electron chi connectivity index (χ1n) is 20.0. The number of hydrogen-bond acceptors (Lipinski definition) is 5. The maximum absolute atomic E-state index is 12.8. The SMILES string of the molecule is CCCCCCCCCCC(CCCCCCCCC(=O)OCC(CCCC)CCCCCC)COC(=O)[C@H]1[C@@H]2CN(C)C[C@@H]21. The van der Waals surface area contributed by atoms with E-state index >= 15 is 0 Å². The molecule has 1 aliphatic carbocycles. The molecule has 0 aromatic heterocycles. The van der Waals surface area contributed by atoms with E-state index in [1.807, 2.05) is 0 Å². The molecule has 45 heavy (non-hydrogen) atoms. The van der Waals surface area contributed by atoms with E-state index in [1.165, 1.54) is 141 Å². The first kappa shape index (κ1) is 40.1. The van der Waals surface area contributed by atoms with Crippen molar-refractivity contribution in [3.05, 3.63) is 0 Å². The van der Waals surface area contributed by atoms with Crippen LogP contribution < -0.4 is 0 Å². The lowest BCUT2D eigenvalue weighted by atomic mass is 9.94. The summed E-state index contributed by atoms with van der Waals surface area (Å²) >= 11 is 0. The Morgan fingerprint density at radius 1 is 0.556 bits per heavy atom. The van der Waals surface area contributed by atoms with Crippen LogP contribution in [-0.2, 0) is 19.1 Å². The van der Waals surface area contributed by atoms with E-state index in [0.29, 0.717) is 43.3 Å². The second kappa shape index (κ2) is 25.9. The molecule has 2 unspecified atom stereocenters. The fraction of sp³-hybridized carbons (Fsp3) is 0.950. The smallest absolute Gasteiger partial charge is 0.309 e. The molecule has 1 aliphatic heterocycles. The number of carbonyl (C=O) groups is 2. The highest BCUT2D eigenvalue weighted by Crippen LogP contribution is 2.51. The summed E-state index contributed by atoms with van der Waals surface area (Å²) in [5, 5.41) is 0. The molecule has 2 aliphatic rings. The standard InChI is InChI=1S/C40H75NO4/c1-5-8-11-13-14-15-18-22-27-35(33-45-40(43)39-36-30-41(4)31-37(36)39)28-23-19-16-17-20-24-29-38(42)44-32-34(25-10-7-3)26-21-12-9-6-2/h34-37,39H,5-33H2,1-4H3/t34?,35?,36-,37+,39+. The van der Waals surface area contributed by atoms with Crippen molar-refractivity contribution in [2.45, 2.75) is 181 Å². The summed E-state index contributed by atoms with van der Waals surface area (Å²) in [7, 11) is 2.16. The summed E-state index contributed by atoms with van der Waals surface area (Å²) in [6.45, 7) is 10.1. The van der Waals surface area contributed by atoms with Crippen LogP contribution in [0.1, 0.15) is 181 Å². The largest absolute Gasteiger partial charge is 0.465 e. The highest BCUT2D eigenvalue weighted by atomic mass is 16.5. The van der Waals surface area contributed by atoms with E-state index in [1.54, 1.807) is 0 Å². The Balaban J connectivity index is 1.55. The van der Waals surface area contributed by atoms with Crippen molar-refractivity contribution in [3.8, 4) is 0 Å². The van der Waals surface area contributed by atoms with Crippen LogP contribution in [0.4, 0.5) is 0 Å². The number of ether oxygens (including phenoxy) is 2. The van der Waals surface area contributed by atoms with Gasteiger partial charge >= 0.3 is 11.9 Å². The van der Waals surface area contributed by atoms with Gasteiger partial charge in [0.25, 0.3) is 0 Å². The molecule has 2 fully saturated rings. The van der Waals surface area contributed by atoms with Crippen LogP contribution in [-0.4, -0.2) is 50.2 Å². The molecule has 5 heteroatoms. The molecule has 1 heterocycles. The van der Waals surface area contributed by atoms with Gasteiger partial charge in [0.2, 0.25) is 0 Å². The summed E-state index contributed by atoms with van der Waals surface area (Å²) in [4.78, 5) is 27.5. The van der Waals surface area contributed by atoms with E-state index < -0.39 is 0 Å². The highest BCUT2D eigenvalue weighted by Gasteiger charge is 2.59. The lowest BCUT2D eigenvalue weighted by Crippen LogP contribution is -2.24. The Morgan fingerprint density at radius 3 is 1.47 bits per heavy atom. The normalized spacial score (nSPS) is 20.6. The van der Waals surface area contributed by atoms with Crippen LogP contribution in [0, 0.1) is 29.6 Å². The average molecular weight is 634 g/mol. The zero-order valence-corrected chi connectivity index (χ0v) is 30.5. The maximum Gasteiger partial charge on any atom is 0.309 e. The zero-order valence-electron chi connectivity index (χ0n) is 30.5. The molecule has 5 atom stereocenters. The molecule has 0 radical (unpaired) electrons. The third kappa shape index (κ3) is 18.7. The predicted molar refractivity (Wildman–Crippen MR) is 189 cm³/mol. The van der Waals surface area contributed by atoms with Crippen LogP contribution in [0.25, 0.3) is 0 Å². The molecule has 2 rings (SSSR count). The molecular formula is C40H75NO4. The number of unbranched alkanes of at least 4 members (excludes halogenated alkanes) is 16. The summed E-state index contributed by atoms with van der Waals surface area (Å²) in [6, 6.07) is 0. The third-order valence-corrected chi connectivity index (χ3v) is 10.7. The molecule has 0 bridgehead atoms. The minimum atomic E-state index is 0.00486. The van der Waals surface area contributed by atoms with Crippen LogP contribution in [0.2, 0.25) is 0 Å². The van der Waals surface area contributed by atoms with E-state index in [4.69, 9.17) is 9.47 Å². The zero-order chi connectivity index (χ0) is 32.5. The van der Waals surface area contributed by atoms with Crippen LogP contribution in [0.15, 0.2) is 0 Å². The van der Waals surface area contributed by atoms with Gasteiger partial charge in [0, 0.05) is 19.5 Å². The molecule has 0 amide bonds. The van der Waals surface area contributed by atoms with Crippen molar-refractivity contribution < 1.29 is 19.1 Å². The summed E-state index contributed by atoms with van der Waals surface area (Å²) in [5.74, 6) is 2.44. The van der Waals surface area contributed by atoms with Crippen molar-refractivity contribution >= 4 is 11.9 Å². The van der Waals surface area contributed by atoms with Crippen LogP contribution in [0.5, 0.6) is 0 Å². The number of piperidine rings is 1. The molecule has 0 aromatic carbocycles. The molecule has 0 spiro atoms. The average Bonchev–Trinajstić information content (AvgIpc) is 3.56. The second-order valence-electron chi connectivity index (χ2n) is 15.0. The van der Waals surface area contributed by atoms with Gasteiger partial charge in [0.05, 0.1) is 19.1 Å². The summed E-state index contributed by atoms with van der Waals surface area (Å²) < 4.78 is 11.6. The Hall–Kier alpha value is -1.10. The Kier molecular flexibility index (Phi) is 23.1. The van der Waals surface area contributed by atoms with Gasteiger partial charge in [-0.15, -0.1) is 0 Å². The second-order valence-corrected chi connectivity index (χ2v) is 15.0. The molecule has 5 nitrogen and oxygen atoms in total. The monoisotopic (exact) mass is 634 g/mol. The topological polar surface area (TPSA) is 55.8 Å². The molecule has 0 aromatic rings. The summed E-state index contributed by atoms with van der Waals surface area (Å²) in [5.41, 5.74) is 0. The molecule has 1 saturated heterocycles. The van der Waals surface area contributed by atoms with Gasteiger partial charge in [-0.3, -0.25) is 9.59 Å². The van der Waals surface area contributed by atoms with Gasteiger partial charge in [-0.1, -0.05) is 143 Å². The molecule has 0 N–H and O–H groups in total. The molecular weight excluding hydrogens is 558 g/mol. The Bertz CT molecular complexity index is 730. The Labute approximate surface area is 279 Å². The number of nitrogens with zero attached hydrogens (tertiary/aromatic N) is 1. The number of hydrogen-bond donors (Lipinski definition) is 0. The fourth-order valence-electron chi connectivity index (χ4n) is 7.62. The van der Waals surface area contributed by atoms with Gasteiger partial charge in [-0.05, 0) is 62.8 Å². The quantitative estimate of drug-likeness (QED) is 0.0561. The lowest BCUT2D eigenvalue weighted by molar-refractivity contribution is -0.148. The first-order valence-corrected chi connectivity index (χ1v) is 20.0. The van der Waals surface area contributed by atoms with E-state index in [-0.39, 0.29) is 17.9 Å². The van der Waals surface area contributed by atoms with Gasteiger partial charge in [0.1, 0.15) is 0 Å². The highest BCUT2D eigenvalue weighted by molar-refractivity contribution is 5.77. The van der Waals surface area contributed by atoms with Crippen molar-refractivity contribution in [1.82, 2.24) is 4.90 Å². The number of likely N-dealkylation sites (tertiary alicyclic amines) is 1. The minimum Gasteiger partial charge on any atom is -0.465 e. The minimum absolute atomic E-state index is 0.00486. The van der Waals surface area contributed by atoms with Crippen LogP contribution >= 0.6 is 0 Å². The van der Waals surface area contributed by atoms with Crippen molar-refractivity contribution in [3.63, 3.8) is 0 Å². The fourth-order valence-corrected chi connectivity index (χ4v) is 7.62. The van der Waals surface area contributed by atoms with Gasteiger partial charge < -0.3 is 14.4 Å². The lowest BCUT2D eigenvalue weighted by Gasteiger charge is -2.18. The van der Waals surface area contributed by atoms with E-state index in [2.05, 4.69) is 32.7 Å². The number of rotatable bonds is 31.